The quantitative estimate of drug-likeness (QED) is 0.514. The zero-order valence-electron chi connectivity index (χ0n) is 9.75. The third-order valence-corrected chi connectivity index (χ3v) is 3.87. The van der Waals surface area contributed by atoms with Crippen LogP contribution < -0.4 is 5.43 Å². The molecular formula is C11H12Cl4N2O. The maximum atomic E-state index is 12.0. The van der Waals surface area contributed by atoms with Gasteiger partial charge in [-0.2, -0.15) is 4.53 Å². The Hall–Kier alpha value is -0.190. The molecule has 1 rings (SSSR count). The molecule has 0 aliphatic carbocycles. The summed E-state index contributed by atoms with van der Waals surface area (Å²) in [6, 6.07) is 6.60. The standard InChI is InChI=1S/C11H12Cl4N2O/c1-11(2,10(13)14)16-17(15)9(18)7-5-3-4-6-8(7)12/h3-6,10,16H,1-2H3. The highest BCUT2D eigenvalue weighted by Crippen LogP contribution is 2.22. The first-order valence-electron chi connectivity index (χ1n) is 5.06. The van der Waals surface area contributed by atoms with Gasteiger partial charge in [0.25, 0.3) is 5.91 Å². The second-order valence-electron chi connectivity index (χ2n) is 4.20. The van der Waals surface area contributed by atoms with Gasteiger partial charge in [0.1, 0.15) is 4.84 Å². The lowest BCUT2D eigenvalue weighted by atomic mass is 10.1. The smallest absolute Gasteiger partial charge is 0.266 e. The van der Waals surface area contributed by atoms with Gasteiger partial charge in [0.2, 0.25) is 0 Å². The monoisotopic (exact) mass is 328 g/mol. The van der Waals surface area contributed by atoms with Crippen LogP contribution in [0, 0.1) is 0 Å². The summed E-state index contributed by atoms with van der Waals surface area (Å²) < 4.78 is 0.805. The second kappa shape index (κ2) is 6.31. The van der Waals surface area contributed by atoms with Crippen LogP contribution in [0.5, 0.6) is 0 Å². The summed E-state index contributed by atoms with van der Waals surface area (Å²) in [7, 11) is 0. The van der Waals surface area contributed by atoms with Gasteiger partial charge in [-0.3, -0.25) is 4.79 Å². The van der Waals surface area contributed by atoms with Crippen molar-refractivity contribution in [2.45, 2.75) is 24.2 Å². The van der Waals surface area contributed by atoms with E-state index < -0.39 is 16.3 Å². The van der Waals surface area contributed by atoms with Crippen LogP contribution in [0.1, 0.15) is 24.2 Å². The molecule has 0 bridgehead atoms. The van der Waals surface area contributed by atoms with Crippen molar-refractivity contribution in [3.05, 3.63) is 34.9 Å². The molecule has 0 aliphatic heterocycles. The Morgan fingerprint density at radius 2 is 1.89 bits per heavy atom. The summed E-state index contributed by atoms with van der Waals surface area (Å²) in [6.45, 7) is 3.43. The van der Waals surface area contributed by atoms with Crippen LogP contribution in [0.2, 0.25) is 5.02 Å². The zero-order valence-corrected chi connectivity index (χ0v) is 12.8. The van der Waals surface area contributed by atoms with Crippen LogP contribution >= 0.6 is 46.6 Å². The molecule has 1 aromatic carbocycles. The first kappa shape index (κ1) is 15.9. The Balaban J connectivity index is 2.83. The number of hydrazine groups is 1. The molecule has 0 aromatic heterocycles. The Bertz CT molecular complexity index is 437. The maximum Gasteiger partial charge on any atom is 0.284 e. The van der Waals surface area contributed by atoms with Gasteiger partial charge in [0, 0.05) is 11.8 Å². The molecule has 0 unspecified atom stereocenters. The van der Waals surface area contributed by atoms with Gasteiger partial charge < -0.3 is 0 Å². The van der Waals surface area contributed by atoms with Crippen LogP contribution in [0.4, 0.5) is 0 Å². The highest BCUT2D eigenvalue weighted by atomic mass is 35.5. The van der Waals surface area contributed by atoms with Crippen LogP contribution in [-0.2, 0) is 0 Å². The van der Waals surface area contributed by atoms with Crippen molar-refractivity contribution in [2.24, 2.45) is 0 Å². The summed E-state index contributed by atoms with van der Waals surface area (Å²) in [5.41, 5.74) is 2.24. The molecule has 0 fully saturated rings. The van der Waals surface area contributed by atoms with Gasteiger partial charge >= 0.3 is 0 Å². The predicted octanol–water partition coefficient (Wildman–Crippen LogP) is 4.02. The normalized spacial score (nSPS) is 11.7. The summed E-state index contributed by atoms with van der Waals surface area (Å²) in [5, 5.41) is 0.320. The molecule has 3 nitrogen and oxygen atoms in total. The molecule has 0 aliphatic rings. The molecular weight excluding hydrogens is 318 g/mol. The molecule has 7 heteroatoms. The van der Waals surface area contributed by atoms with Gasteiger partial charge in [0.15, 0.2) is 0 Å². The first-order chi connectivity index (χ1) is 8.25. The fraction of sp³-hybridized carbons (Fsp3) is 0.364. The first-order valence-corrected chi connectivity index (χ1v) is 6.65. The summed E-state index contributed by atoms with van der Waals surface area (Å²) in [5.74, 6) is -0.482. The molecule has 1 amide bonds. The number of halogens is 4. The van der Waals surface area contributed by atoms with E-state index >= 15 is 0 Å². The van der Waals surface area contributed by atoms with Gasteiger partial charge in [0.05, 0.1) is 16.1 Å². The van der Waals surface area contributed by atoms with Crippen molar-refractivity contribution in [3.63, 3.8) is 0 Å². The Labute approximate surface area is 126 Å². The second-order valence-corrected chi connectivity index (χ2v) is 6.04. The largest absolute Gasteiger partial charge is 0.284 e. The van der Waals surface area contributed by atoms with Crippen molar-refractivity contribution in [3.8, 4) is 0 Å². The fourth-order valence-corrected chi connectivity index (χ4v) is 1.72. The van der Waals surface area contributed by atoms with E-state index in [-0.39, 0.29) is 5.56 Å². The number of alkyl halides is 2. The lowest BCUT2D eigenvalue weighted by Gasteiger charge is -2.31. The lowest BCUT2D eigenvalue weighted by Crippen LogP contribution is -2.52. The number of rotatable bonds is 4. The summed E-state index contributed by atoms with van der Waals surface area (Å²) in [6.07, 6.45) is 0. The van der Waals surface area contributed by atoms with E-state index in [2.05, 4.69) is 5.43 Å². The average molecular weight is 330 g/mol. The average Bonchev–Trinajstić information content (AvgIpc) is 2.28. The SMILES string of the molecule is CC(C)(NN(Cl)C(=O)c1ccccc1Cl)C(Cl)Cl. The van der Waals surface area contributed by atoms with E-state index in [1.807, 2.05) is 0 Å². The number of hydrogen-bond acceptors (Lipinski definition) is 2. The number of hydrogen-bond donors (Lipinski definition) is 1. The van der Waals surface area contributed by atoms with E-state index in [1.165, 1.54) is 0 Å². The molecule has 0 saturated heterocycles. The highest BCUT2D eigenvalue weighted by Gasteiger charge is 2.30. The van der Waals surface area contributed by atoms with Gasteiger partial charge in [-0.1, -0.05) is 23.7 Å². The third-order valence-electron chi connectivity index (χ3n) is 2.21. The topological polar surface area (TPSA) is 32.3 Å². The van der Waals surface area contributed by atoms with E-state index in [0.717, 1.165) is 4.53 Å². The Morgan fingerprint density at radius 1 is 1.33 bits per heavy atom. The van der Waals surface area contributed by atoms with Crippen molar-refractivity contribution in [2.75, 3.05) is 0 Å². The fourth-order valence-electron chi connectivity index (χ4n) is 1.09. The van der Waals surface area contributed by atoms with E-state index in [1.54, 1.807) is 38.1 Å². The minimum absolute atomic E-state index is 0.290. The molecule has 0 spiro atoms. The molecule has 100 valence electrons. The van der Waals surface area contributed by atoms with Crippen LogP contribution in [0.25, 0.3) is 0 Å². The van der Waals surface area contributed by atoms with Gasteiger partial charge in [-0.05, 0) is 26.0 Å². The van der Waals surface area contributed by atoms with Crippen molar-refractivity contribution >= 4 is 52.5 Å². The minimum atomic E-state index is -0.762. The third kappa shape index (κ3) is 3.90. The Kier molecular flexibility index (Phi) is 5.56. The van der Waals surface area contributed by atoms with Gasteiger partial charge in [-0.25, -0.2) is 5.43 Å². The number of carbonyl (C=O) groups excluding carboxylic acids is 1. The minimum Gasteiger partial charge on any atom is -0.266 e. The predicted molar refractivity (Wildman–Crippen MR) is 76.2 cm³/mol. The zero-order chi connectivity index (χ0) is 13.9. The molecule has 1 N–H and O–H groups in total. The number of benzene rings is 1. The number of amides is 1. The van der Waals surface area contributed by atoms with Crippen molar-refractivity contribution in [1.82, 2.24) is 9.95 Å². The molecule has 1 aromatic rings. The van der Waals surface area contributed by atoms with E-state index in [9.17, 15) is 4.79 Å². The molecule has 0 heterocycles. The summed E-state index contributed by atoms with van der Waals surface area (Å²) >= 11 is 23.3. The van der Waals surface area contributed by atoms with Crippen molar-refractivity contribution in [1.29, 1.82) is 0 Å². The number of carbonyl (C=O) groups is 1. The highest BCUT2D eigenvalue weighted by molar-refractivity contribution is 6.45. The van der Waals surface area contributed by atoms with Gasteiger partial charge in [-0.15, -0.1) is 23.2 Å². The number of nitrogens with one attached hydrogen (secondary N) is 1. The molecule has 0 atom stereocenters. The summed E-state index contributed by atoms with van der Waals surface area (Å²) in [4.78, 5) is 11.3. The molecule has 0 radical (unpaired) electrons. The lowest BCUT2D eigenvalue weighted by molar-refractivity contribution is 0.0765. The molecule has 18 heavy (non-hydrogen) atoms. The van der Waals surface area contributed by atoms with E-state index in [4.69, 9.17) is 46.6 Å². The van der Waals surface area contributed by atoms with Crippen LogP contribution in [0.3, 0.4) is 0 Å². The maximum absolute atomic E-state index is 12.0. The van der Waals surface area contributed by atoms with E-state index in [0.29, 0.717) is 5.02 Å². The molecule has 0 saturated carbocycles. The van der Waals surface area contributed by atoms with Crippen LogP contribution in [-0.4, -0.2) is 20.8 Å². The van der Waals surface area contributed by atoms with Crippen LogP contribution in [0.15, 0.2) is 24.3 Å². The number of nitrogens with zero attached hydrogens (tertiary/aromatic N) is 1. The van der Waals surface area contributed by atoms with Crippen molar-refractivity contribution < 1.29 is 4.79 Å². The Morgan fingerprint density at radius 3 is 2.39 bits per heavy atom.